The predicted molar refractivity (Wildman–Crippen MR) is 73.4 cm³/mol. The maximum absolute atomic E-state index is 10.7. The molecule has 94 valence electrons. The number of aromatic hydroxyl groups is 1. The van der Waals surface area contributed by atoms with E-state index in [1.807, 2.05) is 0 Å². The molecule has 1 heterocycles. The number of nitrogens with zero attached hydrogens (tertiary/aromatic N) is 2. The molecule has 5 nitrogen and oxygen atoms in total. The average Bonchev–Trinajstić information content (AvgIpc) is 2.82. The highest BCUT2D eigenvalue weighted by atomic mass is 32.1. The lowest BCUT2D eigenvalue weighted by Gasteiger charge is -1.95. The number of thiazole rings is 1. The van der Waals surface area contributed by atoms with Crippen molar-refractivity contribution in [3.63, 3.8) is 0 Å². The minimum atomic E-state index is -0.417. The molecule has 0 saturated carbocycles. The van der Waals surface area contributed by atoms with E-state index in [2.05, 4.69) is 4.98 Å². The van der Waals surface area contributed by atoms with Crippen LogP contribution >= 0.6 is 11.3 Å². The summed E-state index contributed by atoms with van der Waals surface area (Å²) in [7, 11) is 0. The van der Waals surface area contributed by atoms with Crippen molar-refractivity contribution in [1.29, 1.82) is 0 Å². The number of hydrogen-bond donors (Lipinski definition) is 1. The zero-order valence-electron chi connectivity index (χ0n) is 9.61. The standard InChI is InChI=1S/C13H8N2O3S/c16-10-4-1-8(2-5-10)13-14-11-6-3-9(15(17)18)7-12(11)19-13/h1-7,16H. The largest absolute Gasteiger partial charge is 0.508 e. The molecule has 0 radical (unpaired) electrons. The van der Waals surface area contributed by atoms with Gasteiger partial charge in [0, 0.05) is 17.7 Å². The van der Waals surface area contributed by atoms with Gasteiger partial charge in [0.1, 0.15) is 10.8 Å². The second kappa shape index (κ2) is 4.33. The Morgan fingerprint density at radius 1 is 1.16 bits per heavy atom. The molecule has 0 bridgehead atoms. The zero-order chi connectivity index (χ0) is 13.4. The molecule has 0 fully saturated rings. The summed E-state index contributed by atoms with van der Waals surface area (Å²) in [6.07, 6.45) is 0. The number of nitro groups is 1. The summed E-state index contributed by atoms with van der Waals surface area (Å²) in [5, 5.41) is 20.7. The summed E-state index contributed by atoms with van der Waals surface area (Å²) in [4.78, 5) is 14.7. The van der Waals surface area contributed by atoms with Crippen LogP contribution in [-0.2, 0) is 0 Å². The molecule has 19 heavy (non-hydrogen) atoms. The van der Waals surface area contributed by atoms with E-state index in [1.165, 1.54) is 23.5 Å². The molecular weight excluding hydrogens is 264 g/mol. The summed E-state index contributed by atoms with van der Waals surface area (Å²) < 4.78 is 0.775. The van der Waals surface area contributed by atoms with Crippen LogP contribution in [0.15, 0.2) is 42.5 Å². The molecule has 0 aliphatic heterocycles. The highest BCUT2D eigenvalue weighted by molar-refractivity contribution is 7.21. The van der Waals surface area contributed by atoms with Crippen LogP contribution in [0.1, 0.15) is 0 Å². The number of non-ortho nitro benzene ring substituents is 1. The fourth-order valence-electron chi connectivity index (χ4n) is 1.75. The normalized spacial score (nSPS) is 10.7. The van der Waals surface area contributed by atoms with Crippen molar-refractivity contribution < 1.29 is 10.0 Å². The average molecular weight is 272 g/mol. The molecule has 1 N–H and O–H groups in total. The van der Waals surface area contributed by atoms with Crippen molar-refractivity contribution in [2.24, 2.45) is 0 Å². The first-order valence-electron chi connectivity index (χ1n) is 5.48. The van der Waals surface area contributed by atoms with Gasteiger partial charge >= 0.3 is 0 Å². The number of phenols is 1. The number of rotatable bonds is 2. The summed E-state index contributed by atoms with van der Waals surface area (Å²) in [6.45, 7) is 0. The van der Waals surface area contributed by atoms with Gasteiger partial charge in [-0.1, -0.05) is 0 Å². The molecule has 0 aliphatic rings. The maximum atomic E-state index is 10.7. The van der Waals surface area contributed by atoms with E-state index in [-0.39, 0.29) is 11.4 Å². The van der Waals surface area contributed by atoms with E-state index in [9.17, 15) is 15.2 Å². The van der Waals surface area contributed by atoms with E-state index < -0.39 is 4.92 Å². The number of nitro benzene ring substituents is 1. The monoisotopic (exact) mass is 272 g/mol. The Balaban J connectivity index is 2.11. The first-order valence-corrected chi connectivity index (χ1v) is 6.29. The van der Waals surface area contributed by atoms with Crippen LogP contribution in [0.2, 0.25) is 0 Å². The van der Waals surface area contributed by atoms with Crippen LogP contribution in [0.5, 0.6) is 5.75 Å². The van der Waals surface area contributed by atoms with Crippen LogP contribution in [0, 0.1) is 10.1 Å². The van der Waals surface area contributed by atoms with Crippen LogP contribution in [0.3, 0.4) is 0 Å². The van der Waals surface area contributed by atoms with E-state index in [0.717, 1.165) is 20.8 Å². The Bertz CT molecular complexity index is 765. The number of benzene rings is 2. The maximum Gasteiger partial charge on any atom is 0.270 e. The van der Waals surface area contributed by atoms with Gasteiger partial charge in [-0.05, 0) is 30.3 Å². The van der Waals surface area contributed by atoms with Gasteiger partial charge in [0.2, 0.25) is 0 Å². The Morgan fingerprint density at radius 2 is 1.89 bits per heavy atom. The van der Waals surface area contributed by atoms with Crippen molar-refractivity contribution in [3.8, 4) is 16.3 Å². The van der Waals surface area contributed by atoms with Crippen LogP contribution < -0.4 is 0 Å². The molecule has 0 spiro atoms. The molecule has 0 saturated heterocycles. The van der Waals surface area contributed by atoms with E-state index in [1.54, 1.807) is 30.3 Å². The highest BCUT2D eigenvalue weighted by Gasteiger charge is 2.11. The Morgan fingerprint density at radius 3 is 2.58 bits per heavy atom. The van der Waals surface area contributed by atoms with Gasteiger partial charge in [0.25, 0.3) is 5.69 Å². The van der Waals surface area contributed by atoms with Crippen molar-refractivity contribution in [1.82, 2.24) is 4.98 Å². The third kappa shape index (κ3) is 2.13. The fourth-order valence-corrected chi connectivity index (χ4v) is 2.76. The molecule has 3 aromatic rings. The third-order valence-electron chi connectivity index (χ3n) is 2.70. The van der Waals surface area contributed by atoms with Gasteiger partial charge in [-0.25, -0.2) is 4.98 Å². The molecule has 6 heteroatoms. The molecule has 1 aromatic heterocycles. The van der Waals surface area contributed by atoms with Crippen LogP contribution in [0.25, 0.3) is 20.8 Å². The van der Waals surface area contributed by atoms with Gasteiger partial charge in [-0.2, -0.15) is 0 Å². The highest BCUT2D eigenvalue weighted by Crippen LogP contribution is 2.32. The summed E-state index contributed by atoms with van der Waals surface area (Å²) in [5.74, 6) is 0.195. The van der Waals surface area contributed by atoms with E-state index >= 15 is 0 Å². The van der Waals surface area contributed by atoms with Gasteiger partial charge < -0.3 is 5.11 Å². The fraction of sp³-hybridized carbons (Fsp3) is 0. The summed E-state index contributed by atoms with van der Waals surface area (Å²) >= 11 is 1.39. The van der Waals surface area contributed by atoms with Crippen LogP contribution in [-0.4, -0.2) is 15.0 Å². The quantitative estimate of drug-likeness (QED) is 0.571. The number of hydrogen-bond acceptors (Lipinski definition) is 5. The third-order valence-corrected chi connectivity index (χ3v) is 3.76. The van der Waals surface area contributed by atoms with E-state index in [4.69, 9.17) is 0 Å². The first-order chi connectivity index (χ1) is 9.13. The molecule has 0 unspecified atom stereocenters. The van der Waals surface area contributed by atoms with E-state index in [0.29, 0.717) is 0 Å². The summed E-state index contributed by atoms with van der Waals surface area (Å²) in [5.41, 5.74) is 1.67. The van der Waals surface area contributed by atoms with Crippen LogP contribution in [0.4, 0.5) is 5.69 Å². The molecule has 0 amide bonds. The van der Waals surface area contributed by atoms with Gasteiger partial charge in [0.15, 0.2) is 0 Å². The second-order valence-corrected chi connectivity index (χ2v) is 5.01. The smallest absolute Gasteiger partial charge is 0.270 e. The first kappa shape index (κ1) is 11.6. The van der Waals surface area contributed by atoms with Crippen molar-refractivity contribution >= 4 is 27.2 Å². The molecule has 2 aromatic carbocycles. The second-order valence-electron chi connectivity index (χ2n) is 3.98. The summed E-state index contributed by atoms with van der Waals surface area (Å²) in [6, 6.07) is 11.3. The minimum Gasteiger partial charge on any atom is -0.508 e. The van der Waals surface area contributed by atoms with Gasteiger partial charge in [0.05, 0.1) is 15.1 Å². The predicted octanol–water partition coefficient (Wildman–Crippen LogP) is 3.58. The van der Waals surface area contributed by atoms with Gasteiger partial charge in [-0.15, -0.1) is 11.3 Å². The molecule has 0 atom stereocenters. The Labute approximate surface area is 111 Å². The molecular formula is C13H8N2O3S. The minimum absolute atomic E-state index is 0.0633. The molecule has 3 rings (SSSR count). The lowest BCUT2D eigenvalue weighted by molar-refractivity contribution is -0.384. The Hall–Kier alpha value is -2.47. The van der Waals surface area contributed by atoms with Gasteiger partial charge in [-0.3, -0.25) is 10.1 Å². The topological polar surface area (TPSA) is 76.3 Å². The SMILES string of the molecule is O=[N+]([O-])c1ccc2nc(-c3ccc(O)cc3)sc2c1. The zero-order valence-corrected chi connectivity index (χ0v) is 10.4. The van der Waals surface area contributed by atoms with Crippen molar-refractivity contribution in [2.45, 2.75) is 0 Å². The number of phenolic OH excluding ortho intramolecular Hbond substituents is 1. The van der Waals surface area contributed by atoms with Crippen molar-refractivity contribution in [2.75, 3.05) is 0 Å². The number of fused-ring (bicyclic) bond motifs is 1. The lowest BCUT2D eigenvalue weighted by atomic mass is 10.2. The number of aromatic nitrogens is 1. The Kier molecular flexibility index (Phi) is 2.64. The molecule has 0 aliphatic carbocycles. The lowest BCUT2D eigenvalue weighted by Crippen LogP contribution is -1.85. The van der Waals surface area contributed by atoms with Crippen molar-refractivity contribution in [3.05, 3.63) is 52.6 Å².